The first-order valence-electron chi connectivity index (χ1n) is 6.84. The number of hydrogen-bond donors (Lipinski definition) is 1. The highest BCUT2D eigenvalue weighted by atomic mass is 35.5. The minimum Gasteiger partial charge on any atom is -0.371 e. The third-order valence-electron chi connectivity index (χ3n) is 3.39. The van der Waals surface area contributed by atoms with E-state index in [2.05, 4.69) is 55.6 Å². The Morgan fingerprint density at radius 2 is 2.11 bits per heavy atom. The van der Waals surface area contributed by atoms with Gasteiger partial charge in [0.05, 0.1) is 0 Å². The van der Waals surface area contributed by atoms with Gasteiger partial charge in [-0.15, -0.1) is 0 Å². The summed E-state index contributed by atoms with van der Waals surface area (Å²) in [6.07, 6.45) is 3.30. The third-order valence-corrected chi connectivity index (χ3v) is 4.46. The van der Waals surface area contributed by atoms with Crippen molar-refractivity contribution in [3.8, 4) is 0 Å². The van der Waals surface area contributed by atoms with Crippen molar-refractivity contribution in [2.24, 2.45) is 0 Å². The molecule has 0 amide bonds. The molecular weight excluding hydrogens is 276 g/mol. The van der Waals surface area contributed by atoms with Gasteiger partial charge in [0.25, 0.3) is 0 Å². The lowest BCUT2D eigenvalue weighted by Crippen LogP contribution is -2.33. The van der Waals surface area contributed by atoms with E-state index in [1.54, 1.807) is 0 Å². The molecule has 108 valence electrons. The molecular formula is C15H25ClN2S. The Morgan fingerprint density at radius 1 is 1.37 bits per heavy atom. The van der Waals surface area contributed by atoms with Crippen molar-refractivity contribution in [1.82, 2.24) is 5.32 Å². The number of hydrogen-bond acceptors (Lipinski definition) is 3. The van der Waals surface area contributed by atoms with Crippen molar-refractivity contribution < 1.29 is 0 Å². The zero-order chi connectivity index (χ0) is 14.3. The fourth-order valence-corrected chi connectivity index (χ4v) is 3.15. The zero-order valence-electron chi connectivity index (χ0n) is 12.4. The van der Waals surface area contributed by atoms with Gasteiger partial charge >= 0.3 is 0 Å². The van der Waals surface area contributed by atoms with Crippen LogP contribution in [0.3, 0.4) is 0 Å². The maximum absolute atomic E-state index is 6.36. The molecule has 1 N–H and O–H groups in total. The van der Waals surface area contributed by atoms with E-state index in [0.717, 1.165) is 30.3 Å². The Hall–Kier alpha value is -0.380. The van der Waals surface area contributed by atoms with Gasteiger partial charge in [0.1, 0.15) is 0 Å². The van der Waals surface area contributed by atoms with Gasteiger partial charge in [-0.05, 0) is 36.9 Å². The van der Waals surface area contributed by atoms with Gasteiger partial charge in [-0.2, -0.15) is 11.8 Å². The number of anilines is 1. The average molecular weight is 301 g/mol. The first-order valence-corrected chi connectivity index (χ1v) is 8.62. The van der Waals surface area contributed by atoms with Crippen LogP contribution in [0, 0.1) is 0 Å². The molecule has 0 saturated heterocycles. The summed E-state index contributed by atoms with van der Waals surface area (Å²) in [5.41, 5.74) is 2.37. The number of benzene rings is 1. The SMILES string of the molecule is CCNCc1ccc(N(C)C(CC)CSC)cc1Cl. The van der Waals surface area contributed by atoms with E-state index >= 15 is 0 Å². The largest absolute Gasteiger partial charge is 0.371 e. The predicted molar refractivity (Wildman–Crippen MR) is 89.7 cm³/mol. The lowest BCUT2D eigenvalue weighted by molar-refractivity contribution is 0.672. The molecule has 0 fully saturated rings. The molecule has 0 aliphatic carbocycles. The molecule has 0 aliphatic heterocycles. The summed E-state index contributed by atoms with van der Waals surface area (Å²) in [5.74, 6) is 1.14. The average Bonchev–Trinajstić information content (AvgIpc) is 2.42. The van der Waals surface area contributed by atoms with Crippen molar-refractivity contribution in [3.05, 3.63) is 28.8 Å². The van der Waals surface area contributed by atoms with E-state index < -0.39 is 0 Å². The van der Waals surface area contributed by atoms with Gasteiger partial charge in [0, 0.05) is 36.1 Å². The molecule has 2 nitrogen and oxygen atoms in total. The molecule has 0 aliphatic rings. The molecule has 0 heterocycles. The van der Waals surface area contributed by atoms with Gasteiger partial charge in [-0.25, -0.2) is 0 Å². The van der Waals surface area contributed by atoms with Gasteiger partial charge in [0.2, 0.25) is 0 Å². The van der Waals surface area contributed by atoms with Crippen LogP contribution in [0.15, 0.2) is 18.2 Å². The van der Waals surface area contributed by atoms with Crippen LogP contribution in [0.25, 0.3) is 0 Å². The van der Waals surface area contributed by atoms with E-state index in [1.165, 1.54) is 11.3 Å². The zero-order valence-corrected chi connectivity index (χ0v) is 13.9. The first-order chi connectivity index (χ1) is 9.13. The van der Waals surface area contributed by atoms with Crippen LogP contribution in [0.2, 0.25) is 5.02 Å². The highest BCUT2D eigenvalue weighted by Gasteiger charge is 2.13. The van der Waals surface area contributed by atoms with E-state index in [4.69, 9.17) is 11.6 Å². The van der Waals surface area contributed by atoms with E-state index in [-0.39, 0.29) is 0 Å². The van der Waals surface area contributed by atoms with Gasteiger partial charge in [-0.1, -0.05) is 31.5 Å². The molecule has 0 radical (unpaired) electrons. The van der Waals surface area contributed by atoms with Crippen LogP contribution in [0.5, 0.6) is 0 Å². The minimum atomic E-state index is 0.561. The maximum Gasteiger partial charge on any atom is 0.0471 e. The number of nitrogens with one attached hydrogen (secondary N) is 1. The summed E-state index contributed by atoms with van der Waals surface area (Å²) < 4.78 is 0. The normalized spacial score (nSPS) is 12.5. The van der Waals surface area contributed by atoms with Crippen LogP contribution in [-0.2, 0) is 6.54 Å². The molecule has 0 aromatic heterocycles. The van der Waals surface area contributed by atoms with E-state index in [0.29, 0.717) is 6.04 Å². The Labute approximate surface area is 126 Å². The summed E-state index contributed by atoms with van der Waals surface area (Å²) in [6.45, 7) is 6.13. The number of halogens is 1. The molecule has 0 saturated carbocycles. The second-order valence-corrected chi connectivity index (χ2v) is 6.00. The highest BCUT2D eigenvalue weighted by molar-refractivity contribution is 7.98. The third kappa shape index (κ3) is 4.90. The van der Waals surface area contributed by atoms with E-state index in [1.807, 2.05) is 11.8 Å². The van der Waals surface area contributed by atoms with Crippen molar-refractivity contribution in [2.75, 3.05) is 30.5 Å². The molecule has 0 bridgehead atoms. The molecule has 1 aromatic rings. The molecule has 0 spiro atoms. The molecule has 1 aromatic carbocycles. The second-order valence-electron chi connectivity index (χ2n) is 4.68. The lowest BCUT2D eigenvalue weighted by atomic mass is 10.1. The molecule has 19 heavy (non-hydrogen) atoms. The van der Waals surface area contributed by atoms with Gasteiger partial charge in [0.15, 0.2) is 0 Å². The summed E-state index contributed by atoms with van der Waals surface area (Å²) in [4.78, 5) is 2.33. The summed E-state index contributed by atoms with van der Waals surface area (Å²) in [6, 6.07) is 6.94. The lowest BCUT2D eigenvalue weighted by Gasteiger charge is -2.29. The van der Waals surface area contributed by atoms with Crippen LogP contribution in [0.1, 0.15) is 25.8 Å². The smallest absolute Gasteiger partial charge is 0.0471 e. The maximum atomic E-state index is 6.36. The second kappa shape index (κ2) is 8.72. The number of rotatable bonds is 8. The van der Waals surface area contributed by atoms with Crippen LogP contribution in [0.4, 0.5) is 5.69 Å². The Bertz CT molecular complexity index is 384. The predicted octanol–water partition coefficient (Wildman–Crippen LogP) is 4.03. The van der Waals surface area contributed by atoms with Crippen LogP contribution < -0.4 is 10.2 Å². The van der Waals surface area contributed by atoms with Crippen LogP contribution >= 0.6 is 23.4 Å². The summed E-state index contributed by atoms with van der Waals surface area (Å²) in [5, 5.41) is 4.16. The van der Waals surface area contributed by atoms with Crippen molar-refractivity contribution in [3.63, 3.8) is 0 Å². The molecule has 1 rings (SSSR count). The van der Waals surface area contributed by atoms with Crippen molar-refractivity contribution in [1.29, 1.82) is 0 Å². The van der Waals surface area contributed by atoms with Gasteiger partial charge < -0.3 is 10.2 Å². The minimum absolute atomic E-state index is 0.561. The first kappa shape index (κ1) is 16.7. The molecule has 4 heteroatoms. The quantitative estimate of drug-likeness (QED) is 0.780. The topological polar surface area (TPSA) is 15.3 Å². The monoisotopic (exact) mass is 300 g/mol. The molecule has 1 unspecified atom stereocenters. The Morgan fingerprint density at radius 3 is 2.63 bits per heavy atom. The fourth-order valence-electron chi connectivity index (χ4n) is 2.07. The van der Waals surface area contributed by atoms with Crippen molar-refractivity contribution in [2.45, 2.75) is 32.9 Å². The standard InChI is InChI=1S/C15H25ClN2S/c1-5-13(11-19-4)18(3)14-8-7-12(10-17-6-2)15(16)9-14/h7-9,13,17H,5-6,10-11H2,1-4H3. The highest BCUT2D eigenvalue weighted by Crippen LogP contribution is 2.25. The number of nitrogens with zero attached hydrogens (tertiary/aromatic N) is 1. The fraction of sp³-hybridized carbons (Fsp3) is 0.600. The summed E-state index contributed by atoms with van der Waals surface area (Å²) in [7, 11) is 2.15. The Kier molecular flexibility index (Phi) is 7.66. The number of thioether (sulfide) groups is 1. The molecule has 1 atom stereocenters. The Balaban J connectivity index is 2.81. The van der Waals surface area contributed by atoms with E-state index in [9.17, 15) is 0 Å². The van der Waals surface area contributed by atoms with Gasteiger partial charge in [-0.3, -0.25) is 0 Å². The van der Waals surface area contributed by atoms with Crippen LogP contribution in [-0.4, -0.2) is 31.6 Å². The van der Waals surface area contributed by atoms with Crippen molar-refractivity contribution >= 4 is 29.1 Å². The summed E-state index contributed by atoms with van der Waals surface area (Å²) >= 11 is 8.25.